The predicted octanol–water partition coefficient (Wildman–Crippen LogP) is 3.93. The van der Waals surface area contributed by atoms with Gasteiger partial charge in [-0.15, -0.1) is 0 Å². The quantitative estimate of drug-likeness (QED) is 0.877. The van der Waals surface area contributed by atoms with Crippen LogP contribution < -0.4 is 14.8 Å². The normalized spacial score (nSPS) is 10.1. The highest BCUT2D eigenvalue weighted by Crippen LogP contribution is 2.29. The van der Waals surface area contributed by atoms with Crippen molar-refractivity contribution in [1.82, 2.24) is 0 Å². The number of rotatable bonds is 6. The standard InChI is InChI=1S/C17H18ClNO3/c1-21-13-8-9-15(16(11-13)22-2)19-17(20)10-7-12-5-3-4-6-14(12)18/h3-6,8-9,11H,7,10H2,1-2H3,(H,19,20). The predicted molar refractivity (Wildman–Crippen MR) is 87.9 cm³/mol. The van der Waals surface area contributed by atoms with E-state index >= 15 is 0 Å². The van der Waals surface area contributed by atoms with E-state index in [1.807, 2.05) is 24.3 Å². The monoisotopic (exact) mass is 319 g/mol. The average Bonchev–Trinajstić information content (AvgIpc) is 2.54. The van der Waals surface area contributed by atoms with Gasteiger partial charge in [0.2, 0.25) is 5.91 Å². The highest BCUT2D eigenvalue weighted by Gasteiger charge is 2.10. The number of hydrogen-bond acceptors (Lipinski definition) is 3. The molecule has 1 N–H and O–H groups in total. The maximum Gasteiger partial charge on any atom is 0.224 e. The van der Waals surface area contributed by atoms with Crippen LogP contribution in [0.5, 0.6) is 11.5 Å². The van der Waals surface area contributed by atoms with Crippen LogP contribution in [0.1, 0.15) is 12.0 Å². The number of halogens is 1. The zero-order chi connectivity index (χ0) is 15.9. The molecule has 2 aromatic carbocycles. The molecule has 2 aromatic rings. The van der Waals surface area contributed by atoms with Crippen molar-refractivity contribution in [3.63, 3.8) is 0 Å². The highest BCUT2D eigenvalue weighted by atomic mass is 35.5. The molecule has 0 radical (unpaired) electrons. The van der Waals surface area contributed by atoms with Gasteiger partial charge in [0.1, 0.15) is 11.5 Å². The van der Waals surface area contributed by atoms with Crippen molar-refractivity contribution in [1.29, 1.82) is 0 Å². The molecule has 0 aliphatic rings. The summed E-state index contributed by atoms with van der Waals surface area (Å²) in [6.45, 7) is 0. The van der Waals surface area contributed by atoms with E-state index in [1.165, 1.54) is 0 Å². The van der Waals surface area contributed by atoms with Crippen LogP contribution in [0.25, 0.3) is 0 Å². The van der Waals surface area contributed by atoms with Gasteiger partial charge in [-0.2, -0.15) is 0 Å². The summed E-state index contributed by atoms with van der Waals surface area (Å²) in [5.74, 6) is 1.14. The number of amides is 1. The van der Waals surface area contributed by atoms with Crippen LogP contribution >= 0.6 is 11.6 Å². The molecular formula is C17H18ClNO3. The first-order valence-corrected chi connectivity index (χ1v) is 7.27. The summed E-state index contributed by atoms with van der Waals surface area (Å²) in [6.07, 6.45) is 0.933. The molecule has 1 amide bonds. The molecule has 2 rings (SSSR count). The lowest BCUT2D eigenvalue weighted by atomic mass is 10.1. The van der Waals surface area contributed by atoms with E-state index in [0.717, 1.165) is 5.56 Å². The topological polar surface area (TPSA) is 47.6 Å². The Morgan fingerprint density at radius 2 is 1.91 bits per heavy atom. The van der Waals surface area contributed by atoms with Gasteiger partial charge in [0.15, 0.2) is 0 Å². The maximum atomic E-state index is 12.1. The van der Waals surface area contributed by atoms with Crippen molar-refractivity contribution in [2.24, 2.45) is 0 Å². The van der Waals surface area contributed by atoms with Gasteiger partial charge in [-0.25, -0.2) is 0 Å². The molecule has 0 spiro atoms. The van der Waals surface area contributed by atoms with Gasteiger partial charge in [-0.3, -0.25) is 4.79 Å². The average molecular weight is 320 g/mol. The van der Waals surface area contributed by atoms with Crippen molar-refractivity contribution < 1.29 is 14.3 Å². The van der Waals surface area contributed by atoms with E-state index in [4.69, 9.17) is 21.1 Å². The Balaban J connectivity index is 1.99. The molecule has 0 aliphatic carbocycles. The Morgan fingerprint density at radius 3 is 2.59 bits per heavy atom. The summed E-state index contributed by atoms with van der Waals surface area (Å²) in [4.78, 5) is 12.1. The summed E-state index contributed by atoms with van der Waals surface area (Å²) in [5, 5.41) is 3.52. The van der Waals surface area contributed by atoms with Gasteiger partial charge in [-0.05, 0) is 30.2 Å². The Bertz CT molecular complexity index is 658. The van der Waals surface area contributed by atoms with Crippen LogP contribution in [-0.2, 0) is 11.2 Å². The third-order valence-corrected chi connectivity index (χ3v) is 3.63. The number of nitrogens with one attached hydrogen (secondary N) is 1. The van der Waals surface area contributed by atoms with Gasteiger partial charge >= 0.3 is 0 Å². The number of carbonyl (C=O) groups excluding carboxylic acids is 1. The number of ether oxygens (including phenoxy) is 2. The molecule has 5 heteroatoms. The van der Waals surface area contributed by atoms with Crippen molar-refractivity contribution in [2.45, 2.75) is 12.8 Å². The fourth-order valence-electron chi connectivity index (χ4n) is 2.06. The number of aryl methyl sites for hydroxylation is 1. The van der Waals surface area contributed by atoms with Crippen molar-refractivity contribution >= 4 is 23.2 Å². The first-order valence-electron chi connectivity index (χ1n) is 6.89. The Morgan fingerprint density at radius 1 is 1.14 bits per heavy atom. The van der Waals surface area contributed by atoms with Crippen LogP contribution in [0.2, 0.25) is 5.02 Å². The summed E-state index contributed by atoms with van der Waals surface area (Å²) in [6, 6.07) is 12.8. The third kappa shape index (κ3) is 4.15. The number of hydrogen-bond donors (Lipinski definition) is 1. The second-order valence-corrected chi connectivity index (χ2v) is 5.11. The second-order valence-electron chi connectivity index (χ2n) is 4.71. The Hall–Kier alpha value is -2.20. The molecule has 0 fully saturated rings. The lowest BCUT2D eigenvalue weighted by molar-refractivity contribution is -0.116. The van der Waals surface area contributed by atoms with Crippen LogP contribution in [0.4, 0.5) is 5.69 Å². The fourth-order valence-corrected chi connectivity index (χ4v) is 2.29. The molecule has 22 heavy (non-hydrogen) atoms. The number of anilines is 1. The molecule has 0 saturated heterocycles. The van der Waals surface area contributed by atoms with E-state index in [1.54, 1.807) is 32.4 Å². The third-order valence-electron chi connectivity index (χ3n) is 3.26. The van der Waals surface area contributed by atoms with Crippen LogP contribution in [0.3, 0.4) is 0 Å². The summed E-state index contributed by atoms with van der Waals surface area (Å²) in [7, 11) is 3.13. The van der Waals surface area contributed by atoms with Gasteiger partial charge in [0.05, 0.1) is 19.9 Å². The van der Waals surface area contributed by atoms with Crippen LogP contribution in [0.15, 0.2) is 42.5 Å². The lowest BCUT2D eigenvalue weighted by Gasteiger charge is -2.11. The molecular weight excluding hydrogens is 302 g/mol. The van der Waals surface area contributed by atoms with Crippen molar-refractivity contribution in [3.8, 4) is 11.5 Å². The zero-order valence-electron chi connectivity index (χ0n) is 12.6. The van der Waals surface area contributed by atoms with Gasteiger partial charge in [-0.1, -0.05) is 29.8 Å². The molecule has 0 unspecified atom stereocenters. The summed E-state index contributed by atoms with van der Waals surface area (Å²) < 4.78 is 10.4. The molecule has 4 nitrogen and oxygen atoms in total. The largest absolute Gasteiger partial charge is 0.497 e. The smallest absolute Gasteiger partial charge is 0.224 e. The minimum Gasteiger partial charge on any atom is -0.497 e. The number of methoxy groups -OCH3 is 2. The Labute approximate surface area is 135 Å². The fraction of sp³-hybridized carbons (Fsp3) is 0.235. The first kappa shape index (κ1) is 16.2. The van der Waals surface area contributed by atoms with Crippen LogP contribution in [-0.4, -0.2) is 20.1 Å². The molecule has 0 atom stereocenters. The molecule has 0 aromatic heterocycles. The van der Waals surface area contributed by atoms with Gasteiger partial charge in [0.25, 0.3) is 0 Å². The first-order chi connectivity index (χ1) is 10.6. The van der Waals surface area contributed by atoms with E-state index in [-0.39, 0.29) is 5.91 Å². The van der Waals surface area contributed by atoms with E-state index in [2.05, 4.69) is 5.32 Å². The van der Waals surface area contributed by atoms with Crippen molar-refractivity contribution in [2.75, 3.05) is 19.5 Å². The zero-order valence-corrected chi connectivity index (χ0v) is 13.3. The molecule has 0 bridgehead atoms. The number of benzene rings is 2. The minimum atomic E-state index is -0.0941. The van der Waals surface area contributed by atoms with E-state index < -0.39 is 0 Å². The SMILES string of the molecule is COc1ccc(NC(=O)CCc2ccccc2Cl)c(OC)c1. The minimum absolute atomic E-state index is 0.0941. The van der Waals surface area contributed by atoms with Gasteiger partial charge in [0, 0.05) is 17.5 Å². The highest BCUT2D eigenvalue weighted by molar-refractivity contribution is 6.31. The summed E-state index contributed by atoms with van der Waals surface area (Å²) >= 11 is 6.08. The number of carbonyl (C=O) groups is 1. The molecule has 0 saturated carbocycles. The second kappa shape index (κ2) is 7.71. The Kier molecular flexibility index (Phi) is 5.67. The molecule has 116 valence electrons. The van der Waals surface area contributed by atoms with Crippen LogP contribution in [0, 0.1) is 0 Å². The van der Waals surface area contributed by atoms with E-state index in [0.29, 0.717) is 35.1 Å². The maximum absolute atomic E-state index is 12.1. The van der Waals surface area contributed by atoms with Gasteiger partial charge < -0.3 is 14.8 Å². The lowest BCUT2D eigenvalue weighted by Crippen LogP contribution is -2.13. The molecule has 0 aliphatic heterocycles. The summed E-state index contributed by atoms with van der Waals surface area (Å²) in [5.41, 5.74) is 1.58. The van der Waals surface area contributed by atoms with E-state index in [9.17, 15) is 4.79 Å². The van der Waals surface area contributed by atoms with Crippen molar-refractivity contribution in [3.05, 3.63) is 53.1 Å². The molecule has 0 heterocycles.